The minimum absolute atomic E-state index is 0.0873. The summed E-state index contributed by atoms with van der Waals surface area (Å²) in [5.41, 5.74) is 0.607. The Labute approximate surface area is 199 Å². The minimum Gasteiger partial charge on any atom is -0.326 e. The molecule has 4 N–H and O–H groups in total. The number of sulfonamides is 1. The van der Waals surface area contributed by atoms with Gasteiger partial charge >= 0.3 is 12.2 Å². The Bertz CT molecular complexity index is 1340. The van der Waals surface area contributed by atoms with E-state index in [1.807, 2.05) is 0 Å². The lowest BCUT2D eigenvalue weighted by Crippen LogP contribution is -2.20. The number of alkyl halides is 3. The molecule has 0 bridgehead atoms. The van der Waals surface area contributed by atoms with E-state index in [2.05, 4.69) is 20.7 Å². The van der Waals surface area contributed by atoms with E-state index in [4.69, 9.17) is 0 Å². The number of hydrogen-bond donors (Lipinski definition) is 4. The zero-order chi connectivity index (χ0) is 25.8. The Kier molecular flexibility index (Phi) is 7.34. The van der Waals surface area contributed by atoms with Crippen LogP contribution in [0.15, 0.2) is 71.6 Å². The third-order valence-corrected chi connectivity index (χ3v) is 6.19. The van der Waals surface area contributed by atoms with E-state index in [1.54, 1.807) is 6.92 Å². The van der Waals surface area contributed by atoms with Crippen LogP contribution in [-0.4, -0.2) is 20.4 Å². The summed E-state index contributed by atoms with van der Waals surface area (Å²) < 4.78 is 66.3. The van der Waals surface area contributed by atoms with Crippen LogP contribution in [0.4, 0.5) is 40.7 Å². The van der Waals surface area contributed by atoms with Crippen molar-refractivity contribution in [3.63, 3.8) is 0 Å². The number of rotatable bonds is 6. The molecule has 3 rings (SSSR count). The molecule has 0 heterocycles. The highest BCUT2D eigenvalue weighted by Gasteiger charge is 2.30. The van der Waals surface area contributed by atoms with Crippen LogP contribution in [0.2, 0.25) is 0 Å². The fraction of sp³-hybridized carbons (Fsp3) is 0.130. The number of amides is 3. The number of benzene rings is 3. The standard InChI is InChI=1S/C23H21F3N4O4S/c1-14-3-6-20(29-22(32)28-18-7-4-16(5-8-18)23(24,25)26)13-21(14)35(33,34)30-19-11-9-17(10-12-19)27-15(2)31/h3-13,30H,1-2H3,(H,27,31)(H2,28,29,32). The number of urea groups is 1. The summed E-state index contributed by atoms with van der Waals surface area (Å²) in [6.07, 6.45) is -4.49. The van der Waals surface area contributed by atoms with Gasteiger partial charge in [0.1, 0.15) is 0 Å². The molecule has 0 fully saturated rings. The van der Waals surface area contributed by atoms with Crippen LogP contribution in [0.25, 0.3) is 0 Å². The molecule has 0 aliphatic carbocycles. The Morgan fingerprint density at radius 1 is 0.743 bits per heavy atom. The van der Waals surface area contributed by atoms with E-state index in [0.29, 0.717) is 11.3 Å². The normalized spacial score (nSPS) is 11.5. The first-order valence-corrected chi connectivity index (χ1v) is 11.6. The number of carbonyl (C=O) groups is 2. The first kappa shape index (κ1) is 25.6. The summed E-state index contributed by atoms with van der Waals surface area (Å²) in [6.45, 7) is 2.94. The predicted octanol–water partition coefficient (Wildman–Crippen LogP) is 5.42. The van der Waals surface area contributed by atoms with Crippen LogP contribution in [0.3, 0.4) is 0 Å². The SMILES string of the molecule is CC(=O)Nc1ccc(NS(=O)(=O)c2cc(NC(=O)Nc3ccc(C(F)(F)F)cc3)ccc2C)cc1. The number of carbonyl (C=O) groups excluding carboxylic acids is 2. The summed E-state index contributed by atoms with van der Waals surface area (Å²) in [4.78, 5) is 23.3. The molecule has 0 aromatic heterocycles. The smallest absolute Gasteiger partial charge is 0.326 e. The van der Waals surface area contributed by atoms with Crippen molar-refractivity contribution >= 4 is 44.7 Å². The molecule has 0 radical (unpaired) electrons. The summed E-state index contributed by atoms with van der Waals surface area (Å²) in [5, 5.41) is 7.42. The Balaban J connectivity index is 1.71. The van der Waals surface area contributed by atoms with Gasteiger partial charge in [0.05, 0.1) is 10.5 Å². The number of halogens is 3. The molecule has 3 aromatic carbocycles. The largest absolute Gasteiger partial charge is 0.416 e. The van der Waals surface area contributed by atoms with Gasteiger partial charge in [-0.1, -0.05) is 6.07 Å². The fourth-order valence-corrected chi connectivity index (χ4v) is 4.37. The number of hydrogen-bond acceptors (Lipinski definition) is 4. The van der Waals surface area contributed by atoms with Crippen molar-refractivity contribution in [2.24, 2.45) is 0 Å². The molecule has 0 aliphatic rings. The van der Waals surface area contributed by atoms with Gasteiger partial charge in [0.2, 0.25) is 5.91 Å². The van der Waals surface area contributed by atoms with Gasteiger partial charge in [-0.3, -0.25) is 9.52 Å². The molecule has 8 nitrogen and oxygen atoms in total. The maximum atomic E-state index is 12.9. The molecular weight excluding hydrogens is 485 g/mol. The first-order valence-electron chi connectivity index (χ1n) is 10.1. The molecule has 0 unspecified atom stereocenters. The third-order valence-electron chi connectivity index (χ3n) is 4.66. The molecule has 0 saturated carbocycles. The second kappa shape index (κ2) is 10.1. The fourth-order valence-electron chi connectivity index (χ4n) is 3.04. The molecule has 0 spiro atoms. The summed E-state index contributed by atoms with van der Waals surface area (Å²) in [5.74, 6) is -0.263. The average Bonchev–Trinajstić information content (AvgIpc) is 2.75. The molecule has 3 amide bonds. The van der Waals surface area contributed by atoms with Gasteiger partial charge in [0.15, 0.2) is 0 Å². The average molecular weight is 507 g/mol. The lowest BCUT2D eigenvalue weighted by atomic mass is 10.2. The molecule has 0 aliphatic heterocycles. The number of aryl methyl sites for hydroxylation is 1. The highest BCUT2D eigenvalue weighted by atomic mass is 32.2. The molecule has 0 saturated heterocycles. The van der Waals surface area contributed by atoms with Crippen LogP contribution in [0, 0.1) is 6.92 Å². The van der Waals surface area contributed by atoms with E-state index in [9.17, 15) is 31.2 Å². The molecule has 3 aromatic rings. The van der Waals surface area contributed by atoms with Crippen LogP contribution in [-0.2, 0) is 21.0 Å². The topological polar surface area (TPSA) is 116 Å². The summed E-state index contributed by atoms with van der Waals surface area (Å²) in [6, 6.07) is 13.4. The lowest BCUT2D eigenvalue weighted by Gasteiger charge is -2.14. The predicted molar refractivity (Wildman–Crippen MR) is 127 cm³/mol. The molecule has 0 atom stereocenters. The van der Waals surface area contributed by atoms with E-state index in [1.165, 1.54) is 49.4 Å². The second-order valence-corrected chi connectivity index (χ2v) is 9.15. The summed E-state index contributed by atoms with van der Waals surface area (Å²) in [7, 11) is -4.03. The third kappa shape index (κ3) is 6.96. The minimum atomic E-state index is -4.49. The highest BCUT2D eigenvalue weighted by molar-refractivity contribution is 7.92. The van der Waals surface area contributed by atoms with E-state index in [-0.39, 0.29) is 27.9 Å². The van der Waals surface area contributed by atoms with Gasteiger partial charge in [-0.2, -0.15) is 13.2 Å². The van der Waals surface area contributed by atoms with Gasteiger partial charge in [-0.05, 0) is 73.2 Å². The van der Waals surface area contributed by atoms with E-state index < -0.39 is 27.8 Å². The van der Waals surface area contributed by atoms with Gasteiger partial charge in [0.25, 0.3) is 10.0 Å². The zero-order valence-electron chi connectivity index (χ0n) is 18.5. The lowest BCUT2D eigenvalue weighted by molar-refractivity contribution is -0.137. The Morgan fingerprint density at radius 3 is 1.80 bits per heavy atom. The van der Waals surface area contributed by atoms with Crippen molar-refractivity contribution in [2.75, 3.05) is 20.7 Å². The molecule has 12 heteroatoms. The van der Waals surface area contributed by atoms with Crippen molar-refractivity contribution in [2.45, 2.75) is 24.9 Å². The quantitative estimate of drug-likeness (QED) is 0.357. The van der Waals surface area contributed by atoms with Gasteiger partial charge in [0, 0.05) is 29.7 Å². The van der Waals surface area contributed by atoms with Crippen LogP contribution >= 0.6 is 0 Å². The zero-order valence-corrected chi connectivity index (χ0v) is 19.3. The maximum Gasteiger partial charge on any atom is 0.416 e. The van der Waals surface area contributed by atoms with Crippen LogP contribution in [0.5, 0.6) is 0 Å². The van der Waals surface area contributed by atoms with Crippen molar-refractivity contribution in [3.8, 4) is 0 Å². The number of nitrogens with one attached hydrogen (secondary N) is 4. The van der Waals surface area contributed by atoms with Crippen molar-refractivity contribution in [1.82, 2.24) is 0 Å². The molecular formula is C23H21F3N4O4S. The van der Waals surface area contributed by atoms with Crippen molar-refractivity contribution in [3.05, 3.63) is 77.9 Å². The van der Waals surface area contributed by atoms with Crippen molar-refractivity contribution < 1.29 is 31.2 Å². The van der Waals surface area contributed by atoms with Crippen LogP contribution in [0.1, 0.15) is 18.1 Å². The number of anilines is 4. The van der Waals surface area contributed by atoms with Gasteiger partial charge in [-0.15, -0.1) is 0 Å². The maximum absolute atomic E-state index is 12.9. The highest BCUT2D eigenvalue weighted by Crippen LogP contribution is 2.30. The van der Waals surface area contributed by atoms with E-state index >= 15 is 0 Å². The monoisotopic (exact) mass is 506 g/mol. The Morgan fingerprint density at radius 2 is 1.23 bits per heavy atom. The molecule has 184 valence electrons. The van der Waals surface area contributed by atoms with Crippen LogP contribution < -0.4 is 20.7 Å². The first-order chi connectivity index (χ1) is 16.3. The second-order valence-electron chi connectivity index (χ2n) is 7.50. The summed E-state index contributed by atoms with van der Waals surface area (Å²) >= 11 is 0. The Hall–Kier alpha value is -4.06. The van der Waals surface area contributed by atoms with E-state index in [0.717, 1.165) is 24.3 Å². The van der Waals surface area contributed by atoms with Gasteiger partial charge in [-0.25, -0.2) is 13.2 Å². The molecule has 35 heavy (non-hydrogen) atoms. The van der Waals surface area contributed by atoms with Gasteiger partial charge < -0.3 is 16.0 Å². The van der Waals surface area contributed by atoms with Crippen molar-refractivity contribution in [1.29, 1.82) is 0 Å².